The first kappa shape index (κ1) is 10.4. The van der Waals surface area contributed by atoms with E-state index >= 15 is 0 Å². The van der Waals surface area contributed by atoms with Gasteiger partial charge in [0.2, 0.25) is 0 Å². The number of H-pyrrole nitrogens is 2. The normalized spacial score (nSPS) is 11.4. The third-order valence-corrected chi connectivity index (χ3v) is 3.46. The Morgan fingerprint density at radius 1 is 0.895 bits per heavy atom. The second kappa shape index (κ2) is 3.72. The van der Waals surface area contributed by atoms with E-state index in [1.165, 1.54) is 6.07 Å². The van der Waals surface area contributed by atoms with Crippen LogP contribution in [-0.2, 0) is 0 Å². The van der Waals surface area contributed by atoms with Crippen molar-refractivity contribution in [2.24, 2.45) is 0 Å². The zero-order valence-corrected chi connectivity index (χ0v) is 10.1. The van der Waals surface area contributed by atoms with Gasteiger partial charge in [-0.25, -0.2) is 4.39 Å². The van der Waals surface area contributed by atoms with Crippen molar-refractivity contribution < 1.29 is 4.39 Å². The number of aromatic amines is 2. The Bertz CT molecular complexity index is 853. The van der Waals surface area contributed by atoms with Crippen LogP contribution in [0.15, 0.2) is 54.7 Å². The first-order valence-corrected chi connectivity index (χ1v) is 6.16. The predicted octanol–water partition coefficient (Wildman–Crippen LogP) is 4.46. The average Bonchev–Trinajstić information content (AvgIpc) is 3.00. The summed E-state index contributed by atoms with van der Waals surface area (Å²) in [4.78, 5) is 6.54. The molecule has 19 heavy (non-hydrogen) atoms. The van der Waals surface area contributed by atoms with E-state index in [0.717, 1.165) is 33.1 Å². The molecule has 0 spiro atoms. The largest absolute Gasteiger partial charge is 0.360 e. The molecule has 2 heterocycles. The molecule has 0 aliphatic heterocycles. The lowest BCUT2D eigenvalue weighted by Crippen LogP contribution is -1.76. The third kappa shape index (κ3) is 1.55. The minimum atomic E-state index is -0.218. The van der Waals surface area contributed by atoms with Crippen LogP contribution in [-0.4, -0.2) is 9.97 Å². The number of aromatic nitrogens is 2. The fourth-order valence-electron chi connectivity index (χ4n) is 2.53. The Labute approximate surface area is 108 Å². The molecular weight excluding hydrogens is 239 g/mol. The topological polar surface area (TPSA) is 31.6 Å². The maximum absolute atomic E-state index is 13.4. The molecule has 0 amide bonds. The number of para-hydroxylation sites is 1. The van der Waals surface area contributed by atoms with Gasteiger partial charge < -0.3 is 9.97 Å². The number of hydrogen-bond acceptors (Lipinski definition) is 0. The number of fused-ring (bicyclic) bond motifs is 2. The van der Waals surface area contributed by atoms with Crippen LogP contribution in [0, 0.1) is 5.82 Å². The van der Waals surface area contributed by atoms with Crippen LogP contribution < -0.4 is 0 Å². The van der Waals surface area contributed by atoms with Crippen molar-refractivity contribution in [3.8, 4) is 11.3 Å². The van der Waals surface area contributed by atoms with Gasteiger partial charge in [-0.2, -0.15) is 0 Å². The van der Waals surface area contributed by atoms with Gasteiger partial charge in [0.05, 0.1) is 0 Å². The Morgan fingerprint density at radius 3 is 2.68 bits per heavy atom. The van der Waals surface area contributed by atoms with Gasteiger partial charge in [-0.1, -0.05) is 18.2 Å². The number of nitrogens with one attached hydrogen (secondary N) is 2. The van der Waals surface area contributed by atoms with Crippen molar-refractivity contribution in [2.45, 2.75) is 0 Å². The highest BCUT2D eigenvalue weighted by molar-refractivity contribution is 5.97. The monoisotopic (exact) mass is 250 g/mol. The van der Waals surface area contributed by atoms with Crippen LogP contribution in [0.1, 0.15) is 0 Å². The van der Waals surface area contributed by atoms with E-state index in [2.05, 4.69) is 22.1 Å². The lowest BCUT2D eigenvalue weighted by Gasteiger charge is -1.95. The number of hydrogen-bond donors (Lipinski definition) is 2. The first-order valence-electron chi connectivity index (χ1n) is 6.16. The smallest absolute Gasteiger partial charge is 0.123 e. The van der Waals surface area contributed by atoms with Crippen molar-refractivity contribution in [1.29, 1.82) is 0 Å². The maximum atomic E-state index is 13.4. The average molecular weight is 250 g/mol. The van der Waals surface area contributed by atoms with E-state index in [0.29, 0.717) is 0 Å². The van der Waals surface area contributed by atoms with Crippen LogP contribution in [0.25, 0.3) is 33.1 Å². The van der Waals surface area contributed by atoms with Gasteiger partial charge in [-0.15, -0.1) is 0 Å². The SMILES string of the molecule is Fc1ccc2[nH]cc(-c3cc4ccccc4[nH]3)c2c1. The summed E-state index contributed by atoms with van der Waals surface area (Å²) in [5.74, 6) is -0.218. The van der Waals surface area contributed by atoms with Crippen molar-refractivity contribution in [1.82, 2.24) is 9.97 Å². The van der Waals surface area contributed by atoms with Gasteiger partial charge in [-0.05, 0) is 30.3 Å². The molecule has 3 heteroatoms. The molecule has 2 nitrogen and oxygen atoms in total. The summed E-state index contributed by atoms with van der Waals surface area (Å²) < 4.78 is 13.4. The molecule has 2 aromatic carbocycles. The fourth-order valence-corrected chi connectivity index (χ4v) is 2.53. The number of rotatable bonds is 1. The quantitative estimate of drug-likeness (QED) is 0.500. The maximum Gasteiger partial charge on any atom is 0.123 e. The van der Waals surface area contributed by atoms with E-state index < -0.39 is 0 Å². The molecule has 0 aliphatic carbocycles. The Morgan fingerprint density at radius 2 is 1.79 bits per heavy atom. The van der Waals surface area contributed by atoms with Gasteiger partial charge in [-0.3, -0.25) is 0 Å². The molecule has 0 fully saturated rings. The zero-order chi connectivity index (χ0) is 12.8. The molecule has 0 saturated heterocycles. The minimum absolute atomic E-state index is 0.218. The summed E-state index contributed by atoms with van der Waals surface area (Å²) in [7, 11) is 0. The second-order valence-electron chi connectivity index (χ2n) is 4.66. The summed E-state index contributed by atoms with van der Waals surface area (Å²) in [6.07, 6.45) is 1.91. The molecule has 0 unspecified atom stereocenters. The summed E-state index contributed by atoms with van der Waals surface area (Å²) in [6, 6.07) is 15.0. The van der Waals surface area contributed by atoms with Crippen molar-refractivity contribution in [2.75, 3.05) is 0 Å². The second-order valence-corrected chi connectivity index (χ2v) is 4.66. The van der Waals surface area contributed by atoms with Gasteiger partial charge >= 0.3 is 0 Å². The molecule has 0 atom stereocenters. The number of halogens is 1. The standard InChI is InChI=1S/C16H11FN2/c17-11-5-6-15-12(8-11)13(9-18-15)16-7-10-3-1-2-4-14(10)19-16/h1-9,18-19H. The van der Waals surface area contributed by atoms with Gasteiger partial charge in [0.1, 0.15) is 5.82 Å². The predicted molar refractivity (Wildman–Crippen MR) is 75.5 cm³/mol. The summed E-state index contributed by atoms with van der Waals surface area (Å²) in [5.41, 5.74) is 4.02. The molecule has 4 rings (SSSR count). The lowest BCUT2D eigenvalue weighted by atomic mass is 10.1. The third-order valence-electron chi connectivity index (χ3n) is 3.46. The molecule has 92 valence electrons. The summed E-state index contributed by atoms with van der Waals surface area (Å²) >= 11 is 0. The highest BCUT2D eigenvalue weighted by Crippen LogP contribution is 2.30. The van der Waals surface area contributed by atoms with E-state index in [4.69, 9.17) is 0 Å². The van der Waals surface area contributed by atoms with Crippen LogP contribution in [0.4, 0.5) is 4.39 Å². The molecule has 2 N–H and O–H groups in total. The van der Waals surface area contributed by atoms with Gasteiger partial charge in [0, 0.05) is 39.3 Å². The molecule has 0 bridgehead atoms. The summed E-state index contributed by atoms with van der Waals surface area (Å²) in [6.45, 7) is 0. The van der Waals surface area contributed by atoms with Crippen LogP contribution in [0.5, 0.6) is 0 Å². The van der Waals surface area contributed by atoms with Gasteiger partial charge in [0.25, 0.3) is 0 Å². The molecular formula is C16H11FN2. The Hall–Kier alpha value is -2.55. The molecule has 4 aromatic rings. The van der Waals surface area contributed by atoms with Crippen molar-refractivity contribution in [3.05, 3.63) is 60.5 Å². The Balaban J connectivity index is 2.00. The van der Waals surface area contributed by atoms with E-state index in [1.807, 2.05) is 24.4 Å². The molecule has 0 saturated carbocycles. The van der Waals surface area contributed by atoms with Crippen molar-refractivity contribution in [3.63, 3.8) is 0 Å². The van der Waals surface area contributed by atoms with E-state index in [-0.39, 0.29) is 5.82 Å². The van der Waals surface area contributed by atoms with Crippen LogP contribution >= 0.6 is 0 Å². The number of benzene rings is 2. The Kier molecular flexibility index (Phi) is 2.03. The van der Waals surface area contributed by atoms with Crippen LogP contribution in [0.2, 0.25) is 0 Å². The molecule has 0 aliphatic rings. The lowest BCUT2D eigenvalue weighted by molar-refractivity contribution is 0.630. The summed E-state index contributed by atoms with van der Waals surface area (Å²) in [5, 5.41) is 2.05. The van der Waals surface area contributed by atoms with E-state index in [1.54, 1.807) is 12.1 Å². The van der Waals surface area contributed by atoms with Gasteiger partial charge in [0.15, 0.2) is 0 Å². The molecule has 2 aromatic heterocycles. The highest BCUT2D eigenvalue weighted by Gasteiger charge is 2.09. The first-order chi connectivity index (χ1) is 9.31. The van der Waals surface area contributed by atoms with E-state index in [9.17, 15) is 4.39 Å². The molecule has 0 radical (unpaired) electrons. The van der Waals surface area contributed by atoms with Crippen LogP contribution in [0.3, 0.4) is 0 Å². The fraction of sp³-hybridized carbons (Fsp3) is 0. The minimum Gasteiger partial charge on any atom is -0.360 e. The van der Waals surface area contributed by atoms with Crippen molar-refractivity contribution >= 4 is 21.8 Å². The highest BCUT2D eigenvalue weighted by atomic mass is 19.1. The zero-order valence-electron chi connectivity index (χ0n) is 10.1.